The number of hydrogen-bond donors (Lipinski definition) is 1. The summed E-state index contributed by atoms with van der Waals surface area (Å²) in [7, 11) is 1.66. The molecule has 0 aliphatic heterocycles. The zero-order valence-electron chi connectivity index (χ0n) is 14.1. The van der Waals surface area contributed by atoms with Crippen LogP contribution in [0.2, 0.25) is 0 Å². The van der Waals surface area contributed by atoms with E-state index in [1.807, 2.05) is 36.4 Å². The van der Waals surface area contributed by atoms with Crippen molar-refractivity contribution in [1.29, 1.82) is 0 Å². The maximum atomic E-state index is 12.9. The van der Waals surface area contributed by atoms with Crippen LogP contribution in [0.3, 0.4) is 0 Å². The lowest BCUT2D eigenvalue weighted by Gasteiger charge is -2.23. The van der Waals surface area contributed by atoms with Crippen LogP contribution in [-0.4, -0.2) is 18.0 Å². The van der Waals surface area contributed by atoms with E-state index in [2.05, 4.69) is 10.3 Å². The molecule has 126 valence electrons. The third-order valence-corrected chi connectivity index (χ3v) is 4.84. The van der Waals surface area contributed by atoms with Gasteiger partial charge in [0.2, 0.25) is 5.91 Å². The molecule has 0 spiro atoms. The number of nitrogens with zero attached hydrogens (tertiary/aromatic N) is 1. The minimum atomic E-state index is -0.0831. The van der Waals surface area contributed by atoms with E-state index in [-0.39, 0.29) is 11.8 Å². The molecule has 0 bridgehead atoms. The summed E-state index contributed by atoms with van der Waals surface area (Å²) in [6.45, 7) is 0.542. The quantitative estimate of drug-likeness (QED) is 0.882. The SMILES string of the molecule is COc1ccc(C(C(=O)NCc2ccncc2)C2CCCC2)cc1. The van der Waals surface area contributed by atoms with Crippen molar-refractivity contribution in [2.24, 2.45) is 5.92 Å². The summed E-state index contributed by atoms with van der Waals surface area (Å²) in [5, 5.41) is 3.11. The van der Waals surface area contributed by atoms with E-state index >= 15 is 0 Å². The van der Waals surface area contributed by atoms with Crippen molar-refractivity contribution >= 4 is 5.91 Å². The highest BCUT2D eigenvalue weighted by Gasteiger charge is 2.31. The van der Waals surface area contributed by atoms with E-state index in [1.165, 1.54) is 12.8 Å². The molecule has 1 unspecified atom stereocenters. The van der Waals surface area contributed by atoms with Crippen molar-refractivity contribution in [1.82, 2.24) is 10.3 Å². The number of nitrogens with one attached hydrogen (secondary N) is 1. The molecule has 0 saturated heterocycles. The third kappa shape index (κ3) is 3.94. The Morgan fingerprint density at radius 2 is 1.83 bits per heavy atom. The van der Waals surface area contributed by atoms with Gasteiger partial charge in [0.05, 0.1) is 13.0 Å². The summed E-state index contributed by atoms with van der Waals surface area (Å²) in [6.07, 6.45) is 8.18. The van der Waals surface area contributed by atoms with Crippen LogP contribution in [0.25, 0.3) is 0 Å². The predicted octanol–water partition coefficient (Wildman–Crippen LogP) is 3.68. The smallest absolute Gasteiger partial charge is 0.228 e. The Morgan fingerprint density at radius 3 is 2.46 bits per heavy atom. The Morgan fingerprint density at radius 1 is 1.17 bits per heavy atom. The number of aromatic nitrogens is 1. The number of ether oxygens (including phenoxy) is 1. The topological polar surface area (TPSA) is 51.2 Å². The fourth-order valence-electron chi connectivity index (χ4n) is 3.54. The molecule has 1 N–H and O–H groups in total. The first-order valence-corrected chi connectivity index (χ1v) is 8.58. The number of rotatable bonds is 6. The first kappa shape index (κ1) is 16.5. The lowest BCUT2D eigenvalue weighted by Crippen LogP contribution is -2.32. The van der Waals surface area contributed by atoms with Crippen molar-refractivity contribution in [3.63, 3.8) is 0 Å². The van der Waals surface area contributed by atoms with Gasteiger partial charge in [0.25, 0.3) is 0 Å². The van der Waals surface area contributed by atoms with Crippen LogP contribution < -0.4 is 10.1 Å². The molecular formula is C20H24N2O2. The number of amides is 1. The van der Waals surface area contributed by atoms with Crippen molar-refractivity contribution in [3.05, 3.63) is 59.9 Å². The molecule has 1 aromatic heterocycles. The summed E-state index contributed by atoms with van der Waals surface area (Å²) < 4.78 is 5.23. The van der Waals surface area contributed by atoms with Crippen molar-refractivity contribution in [2.45, 2.75) is 38.1 Å². The number of carbonyl (C=O) groups is 1. The molecule has 1 aromatic carbocycles. The number of benzene rings is 1. The first-order valence-electron chi connectivity index (χ1n) is 8.58. The number of methoxy groups -OCH3 is 1. The summed E-state index contributed by atoms with van der Waals surface area (Å²) in [5.74, 6) is 1.28. The van der Waals surface area contributed by atoms with Gasteiger partial charge in [-0.1, -0.05) is 25.0 Å². The molecule has 0 radical (unpaired) electrons. The van der Waals surface area contributed by atoms with Gasteiger partial charge < -0.3 is 10.1 Å². The summed E-state index contributed by atoms with van der Waals surface area (Å²) in [5.41, 5.74) is 2.15. The second-order valence-corrected chi connectivity index (χ2v) is 6.37. The zero-order chi connectivity index (χ0) is 16.8. The van der Waals surface area contributed by atoms with Gasteiger partial charge in [-0.25, -0.2) is 0 Å². The van der Waals surface area contributed by atoms with Gasteiger partial charge in [0.1, 0.15) is 5.75 Å². The molecule has 1 amide bonds. The van der Waals surface area contributed by atoms with E-state index in [1.54, 1.807) is 19.5 Å². The lowest BCUT2D eigenvalue weighted by atomic mass is 9.84. The van der Waals surface area contributed by atoms with Crippen molar-refractivity contribution in [3.8, 4) is 5.75 Å². The van der Waals surface area contributed by atoms with Gasteiger partial charge in [0, 0.05) is 18.9 Å². The molecule has 1 aliphatic rings. The van der Waals surface area contributed by atoms with Crippen molar-refractivity contribution in [2.75, 3.05) is 7.11 Å². The van der Waals surface area contributed by atoms with E-state index in [9.17, 15) is 4.79 Å². The van der Waals surface area contributed by atoms with Gasteiger partial charge in [-0.2, -0.15) is 0 Å². The highest BCUT2D eigenvalue weighted by molar-refractivity contribution is 5.84. The molecule has 2 aromatic rings. The van der Waals surface area contributed by atoms with Crippen LogP contribution in [0.4, 0.5) is 0 Å². The van der Waals surface area contributed by atoms with E-state index in [0.717, 1.165) is 29.7 Å². The normalized spacial score (nSPS) is 15.9. The van der Waals surface area contributed by atoms with Crippen LogP contribution in [-0.2, 0) is 11.3 Å². The van der Waals surface area contributed by atoms with Crippen LogP contribution >= 0.6 is 0 Å². The van der Waals surface area contributed by atoms with Gasteiger partial charge in [-0.05, 0) is 54.2 Å². The predicted molar refractivity (Wildman–Crippen MR) is 93.8 cm³/mol. The third-order valence-electron chi connectivity index (χ3n) is 4.84. The fourth-order valence-corrected chi connectivity index (χ4v) is 3.54. The van der Waals surface area contributed by atoms with Gasteiger partial charge in [0.15, 0.2) is 0 Å². The van der Waals surface area contributed by atoms with Crippen LogP contribution in [0, 0.1) is 5.92 Å². The second kappa shape index (κ2) is 7.95. The largest absolute Gasteiger partial charge is 0.497 e. The highest BCUT2D eigenvalue weighted by Crippen LogP contribution is 2.38. The minimum absolute atomic E-state index is 0.0831. The maximum Gasteiger partial charge on any atom is 0.228 e. The molecule has 4 nitrogen and oxygen atoms in total. The Balaban J connectivity index is 1.74. The number of carbonyl (C=O) groups excluding carboxylic acids is 1. The maximum absolute atomic E-state index is 12.9. The minimum Gasteiger partial charge on any atom is -0.497 e. The Bertz CT molecular complexity index is 649. The second-order valence-electron chi connectivity index (χ2n) is 6.37. The molecule has 1 aliphatic carbocycles. The first-order chi connectivity index (χ1) is 11.8. The van der Waals surface area contributed by atoms with E-state index in [0.29, 0.717) is 12.5 Å². The Labute approximate surface area is 143 Å². The van der Waals surface area contributed by atoms with Gasteiger partial charge in [-0.15, -0.1) is 0 Å². The molecule has 3 rings (SSSR count). The average molecular weight is 324 g/mol. The Kier molecular flexibility index (Phi) is 5.47. The number of hydrogen-bond acceptors (Lipinski definition) is 3. The molecule has 1 saturated carbocycles. The molecule has 1 heterocycles. The van der Waals surface area contributed by atoms with Crippen LogP contribution in [0.15, 0.2) is 48.8 Å². The molecule has 1 atom stereocenters. The van der Waals surface area contributed by atoms with E-state index in [4.69, 9.17) is 4.74 Å². The Hall–Kier alpha value is -2.36. The monoisotopic (exact) mass is 324 g/mol. The molecule has 4 heteroatoms. The summed E-state index contributed by atoms with van der Waals surface area (Å²) in [6, 6.07) is 11.8. The highest BCUT2D eigenvalue weighted by atomic mass is 16.5. The van der Waals surface area contributed by atoms with Crippen LogP contribution in [0.1, 0.15) is 42.7 Å². The molecule has 1 fully saturated rings. The van der Waals surface area contributed by atoms with Gasteiger partial charge in [-0.3, -0.25) is 9.78 Å². The summed E-state index contributed by atoms with van der Waals surface area (Å²) in [4.78, 5) is 16.9. The molecule has 24 heavy (non-hydrogen) atoms. The van der Waals surface area contributed by atoms with Gasteiger partial charge >= 0.3 is 0 Å². The summed E-state index contributed by atoms with van der Waals surface area (Å²) >= 11 is 0. The number of pyridine rings is 1. The van der Waals surface area contributed by atoms with E-state index < -0.39 is 0 Å². The molecular weight excluding hydrogens is 300 g/mol. The zero-order valence-corrected chi connectivity index (χ0v) is 14.1. The average Bonchev–Trinajstić information content (AvgIpc) is 3.16. The van der Waals surface area contributed by atoms with Crippen molar-refractivity contribution < 1.29 is 9.53 Å². The lowest BCUT2D eigenvalue weighted by molar-refractivity contribution is -0.123. The fraction of sp³-hybridized carbons (Fsp3) is 0.400. The standard InChI is InChI=1S/C20H24N2O2/c1-24-18-8-6-17(7-9-18)19(16-4-2-3-5-16)20(23)22-14-15-10-12-21-13-11-15/h6-13,16,19H,2-5,14H2,1H3,(H,22,23). The van der Waals surface area contributed by atoms with Crippen LogP contribution in [0.5, 0.6) is 5.75 Å².